The van der Waals surface area contributed by atoms with Gasteiger partial charge in [0.2, 0.25) is 0 Å². The van der Waals surface area contributed by atoms with Crippen LogP contribution in [0.15, 0.2) is 18.3 Å². The Morgan fingerprint density at radius 3 is 2.53 bits per heavy atom. The van der Waals surface area contributed by atoms with E-state index >= 15 is 0 Å². The lowest BCUT2D eigenvalue weighted by Gasteiger charge is -2.25. The molecule has 0 radical (unpaired) electrons. The fourth-order valence-electron chi connectivity index (χ4n) is 1.75. The number of hydrogen-bond donors (Lipinski definition) is 3. The number of nitrogens with zero attached hydrogens (tertiary/aromatic N) is 1. The van der Waals surface area contributed by atoms with E-state index in [1.165, 1.54) is 18.3 Å². The lowest BCUT2D eigenvalue weighted by molar-refractivity contribution is 0.0690. The van der Waals surface area contributed by atoms with Crippen molar-refractivity contribution in [2.45, 2.75) is 39.2 Å². The predicted molar refractivity (Wildman–Crippen MR) is 72.3 cm³/mol. The molecule has 6 nitrogen and oxygen atoms in total. The molecule has 1 aromatic rings. The smallest absolute Gasteiger partial charge is 0.354 e. The molecule has 0 spiro atoms. The van der Waals surface area contributed by atoms with Crippen molar-refractivity contribution in [3.05, 3.63) is 24.0 Å². The van der Waals surface area contributed by atoms with Crippen LogP contribution in [-0.4, -0.2) is 27.6 Å². The predicted octanol–water partition coefficient (Wildman–Crippen LogP) is 2.48. The van der Waals surface area contributed by atoms with E-state index in [0.717, 1.165) is 12.8 Å². The molecule has 19 heavy (non-hydrogen) atoms. The van der Waals surface area contributed by atoms with E-state index in [2.05, 4.69) is 22.5 Å². The molecule has 0 atom stereocenters. The molecule has 0 saturated carbocycles. The maximum absolute atomic E-state index is 11.8. The zero-order valence-corrected chi connectivity index (χ0v) is 11.4. The molecule has 0 aliphatic carbocycles. The third kappa shape index (κ3) is 4.95. The summed E-state index contributed by atoms with van der Waals surface area (Å²) in [6.07, 6.45) is 3.16. The molecular formula is C13H19N3O3. The summed E-state index contributed by atoms with van der Waals surface area (Å²) < 4.78 is 0. The molecule has 6 heteroatoms. The van der Waals surface area contributed by atoms with Crippen molar-refractivity contribution in [1.82, 2.24) is 10.3 Å². The Labute approximate surface area is 112 Å². The second-order valence-corrected chi connectivity index (χ2v) is 4.95. The second-order valence-electron chi connectivity index (χ2n) is 4.95. The van der Waals surface area contributed by atoms with Gasteiger partial charge < -0.3 is 15.7 Å². The first kappa shape index (κ1) is 14.9. The van der Waals surface area contributed by atoms with Crippen LogP contribution in [0, 0.1) is 0 Å². The minimum Gasteiger partial charge on any atom is -0.477 e. The van der Waals surface area contributed by atoms with E-state index in [-0.39, 0.29) is 17.3 Å². The highest BCUT2D eigenvalue weighted by molar-refractivity contribution is 5.90. The number of pyridine rings is 1. The molecule has 1 rings (SSSR count). The largest absolute Gasteiger partial charge is 0.477 e. The quantitative estimate of drug-likeness (QED) is 0.762. The van der Waals surface area contributed by atoms with Crippen molar-refractivity contribution in [3.8, 4) is 0 Å². The maximum Gasteiger partial charge on any atom is 0.354 e. The summed E-state index contributed by atoms with van der Waals surface area (Å²) >= 11 is 0. The van der Waals surface area contributed by atoms with Crippen LogP contribution in [-0.2, 0) is 0 Å². The summed E-state index contributed by atoms with van der Waals surface area (Å²) in [5.74, 6) is -1.10. The number of aromatic nitrogens is 1. The molecule has 1 heterocycles. The zero-order valence-electron chi connectivity index (χ0n) is 11.4. The Morgan fingerprint density at radius 1 is 1.37 bits per heavy atom. The maximum atomic E-state index is 11.8. The van der Waals surface area contributed by atoms with Crippen LogP contribution in [0.4, 0.5) is 10.5 Å². The summed E-state index contributed by atoms with van der Waals surface area (Å²) in [6, 6.07) is 2.51. The summed E-state index contributed by atoms with van der Waals surface area (Å²) in [6.45, 7) is 5.94. The van der Waals surface area contributed by atoms with Crippen LogP contribution in [0.2, 0.25) is 0 Å². The Morgan fingerprint density at radius 2 is 2.05 bits per heavy atom. The second kappa shape index (κ2) is 6.17. The van der Waals surface area contributed by atoms with Gasteiger partial charge in [-0.05, 0) is 32.4 Å². The van der Waals surface area contributed by atoms with Gasteiger partial charge in [0.1, 0.15) is 5.69 Å². The van der Waals surface area contributed by atoms with Gasteiger partial charge in [-0.1, -0.05) is 13.3 Å². The number of aromatic carboxylic acids is 1. The number of carboxylic acids is 1. The number of carboxylic acid groups (broad SMARTS) is 1. The van der Waals surface area contributed by atoms with E-state index < -0.39 is 5.97 Å². The number of carbonyl (C=O) groups excluding carboxylic acids is 1. The number of carbonyl (C=O) groups is 2. The lowest BCUT2D eigenvalue weighted by atomic mass is 9.99. The van der Waals surface area contributed by atoms with Gasteiger partial charge in [0.05, 0.1) is 11.9 Å². The zero-order chi connectivity index (χ0) is 14.5. The lowest BCUT2D eigenvalue weighted by Crippen LogP contribution is -2.45. The van der Waals surface area contributed by atoms with Crippen molar-refractivity contribution < 1.29 is 14.7 Å². The molecule has 104 valence electrons. The van der Waals surface area contributed by atoms with Crippen molar-refractivity contribution >= 4 is 17.7 Å². The van der Waals surface area contributed by atoms with Crippen LogP contribution >= 0.6 is 0 Å². The first-order valence-corrected chi connectivity index (χ1v) is 6.12. The third-order valence-corrected chi connectivity index (χ3v) is 2.57. The highest BCUT2D eigenvalue weighted by Gasteiger charge is 2.19. The van der Waals surface area contributed by atoms with Gasteiger partial charge in [-0.15, -0.1) is 0 Å². The Hall–Kier alpha value is -2.11. The number of nitrogens with one attached hydrogen (secondary N) is 2. The molecular weight excluding hydrogens is 246 g/mol. The molecule has 0 aliphatic rings. The monoisotopic (exact) mass is 265 g/mol. The molecule has 0 unspecified atom stereocenters. The van der Waals surface area contributed by atoms with E-state index in [0.29, 0.717) is 5.69 Å². The van der Waals surface area contributed by atoms with E-state index in [1.54, 1.807) is 0 Å². The molecule has 2 amide bonds. The summed E-state index contributed by atoms with van der Waals surface area (Å²) in [5.41, 5.74) is 0.111. The highest BCUT2D eigenvalue weighted by Crippen LogP contribution is 2.12. The van der Waals surface area contributed by atoms with Crippen LogP contribution in [0.5, 0.6) is 0 Å². The van der Waals surface area contributed by atoms with Gasteiger partial charge in [0.25, 0.3) is 0 Å². The number of amides is 2. The summed E-state index contributed by atoms with van der Waals surface area (Å²) in [4.78, 5) is 26.1. The van der Waals surface area contributed by atoms with Gasteiger partial charge in [-0.2, -0.15) is 0 Å². The van der Waals surface area contributed by atoms with Crippen molar-refractivity contribution in [3.63, 3.8) is 0 Å². The van der Waals surface area contributed by atoms with Gasteiger partial charge in [-0.3, -0.25) is 0 Å². The minimum atomic E-state index is -1.10. The molecule has 0 aliphatic heterocycles. The normalized spacial score (nSPS) is 10.9. The summed E-state index contributed by atoms with van der Waals surface area (Å²) in [5, 5.41) is 14.2. The third-order valence-electron chi connectivity index (χ3n) is 2.57. The van der Waals surface area contributed by atoms with Crippen LogP contribution < -0.4 is 10.6 Å². The molecule has 1 aromatic heterocycles. The first-order chi connectivity index (χ1) is 8.84. The average Bonchev–Trinajstić information content (AvgIpc) is 2.28. The van der Waals surface area contributed by atoms with Gasteiger partial charge in [-0.25, -0.2) is 14.6 Å². The summed E-state index contributed by atoms with van der Waals surface area (Å²) in [7, 11) is 0. The number of hydrogen-bond acceptors (Lipinski definition) is 3. The average molecular weight is 265 g/mol. The van der Waals surface area contributed by atoms with E-state index in [9.17, 15) is 9.59 Å². The molecule has 0 fully saturated rings. The van der Waals surface area contributed by atoms with Crippen molar-refractivity contribution in [2.75, 3.05) is 5.32 Å². The Balaban J connectivity index is 2.59. The number of urea groups is 1. The van der Waals surface area contributed by atoms with Crippen LogP contribution in [0.1, 0.15) is 44.1 Å². The Bertz CT molecular complexity index is 455. The standard InChI is InChI=1S/C13H19N3O3/c1-4-7-13(2,3)16-12(19)15-9-5-6-10(11(17)18)14-8-9/h5-6,8H,4,7H2,1-3H3,(H,17,18)(H2,15,16,19). The van der Waals surface area contributed by atoms with E-state index in [1.807, 2.05) is 13.8 Å². The number of rotatable bonds is 5. The van der Waals surface area contributed by atoms with E-state index in [4.69, 9.17) is 5.11 Å². The molecule has 0 aromatic carbocycles. The fraction of sp³-hybridized carbons (Fsp3) is 0.462. The topological polar surface area (TPSA) is 91.3 Å². The fourth-order valence-corrected chi connectivity index (χ4v) is 1.75. The first-order valence-electron chi connectivity index (χ1n) is 6.12. The van der Waals surface area contributed by atoms with Gasteiger partial charge >= 0.3 is 12.0 Å². The Kier molecular flexibility index (Phi) is 4.86. The minimum absolute atomic E-state index is 0.0581. The molecule has 3 N–H and O–H groups in total. The van der Waals surface area contributed by atoms with Crippen LogP contribution in [0.25, 0.3) is 0 Å². The van der Waals surface area contributed by atoms with Gasteiger partial charge in [0.15, 0.2) is 0 Å². The van der Waals surface area contributed by atoms with Crippen molar-refractivity contribution in [2.24, 2.45) is 0 Å². The van der Waals surface area contributed by atoms with Crippen molar-refractivity contribution in [1.29, 1.82) is 0 Å². The van der Waals surface area contributed by atoms with Gasteiger partial charge in [0, 0.05) is 5.54 Å². The SMILES string of the molecule is CCCC(C)(C)NC(=O)Nc1ccc(C(=O)O)nc1. The molecule has 0 bridgehead atoms. The molecule has 0 saturated heterocycles. The number of anilines is 1. The van der Waals surface area contributed by atoms with Crippen LogP contribution in [0.3, 0.4) is 0 Å². The highest BCUT2D eigenvalue weighted by atomic mass is 16.4.